The SMILES string of the molecule is CCCCCCCC[n+]1ccc(C(=O)NCCCCCCNC(=O)c2cc[n+](CCCCCCCC)cc2)cc1.[Br-]. The largest absolute Gasteiger partial charge is 1.00 e. The van der Waals surface area contributed by atoms with E-state index < -0.39 is 0 Å². The molecule has 0 atom stereocenters. The van der Waals surface area contributed by atoms with Gasteiger partial charge in [0.25, 0.3) is 11.8 Å². The van der Waals surface area contributed by atoms with Crippen LogP contribution in [-0.2, 0) is 13.1 Å². The minimum absolute atomic E-state index is 0. The number of aryl methyl sites for hydroxylation is 2. The fourth-order valence-electron chi connectivity index (χ4n) is 4.88. The molecule has 0 spiro atoms. The summed E-state index contributed by atoms with van der Waals surface area (Å²) in [7, 11) is 0. The maximum absolute atomic E-state index is 12.4. The third-order valence-electron chi connectivity index (χ3n) is 7.52. The Bertz CT molecular complexity index is 857. The molecule has 0 saturated carbocycles. The predicted octanol–water partition coefficient (Wildman–Crippen LogP) is 3.71. The summed E-state index contributed by atoms with van der Waals surface area (Å²) < 4.78 is 4.33. The maximum atomic E-state index is 12.4. The zero-order valence-corrected chi connectivity index (χ0v) is 27.4. The van der Waals surface area contributed by atoms with Crippen LogP contribution in [0, 0.1) is 0 Å². The highest BCUT2D eigenvalue weighted by molar-refractivity contribution is 5.94. The van der Waals surface area contributed by atoms with Gasteiger partial charge in [-0.25, -0.2) is 9.13 Å². The second-order valence-corrected chi connectivity index (χ2v) is 11.1. The fraction of sp³-hybridized carbons (Fsp3) is 0.647. The molecule has 0 bridgehead atoms. The van der Waals surface area contributed by atoms with E-state index in [1.165, 1.54) is 77.0 Å². The third kappa shape index (κ3) is 17.3. The lowest BCUT2D eigenvalue weighted by molar-refractivity contribution is -0.697. The summed E-state index contributed by atoms with van der Waals surface area (Å²) in [4.78, 5) is 24.8. The Kier molecular flexibility index (Phi) is 21.8. The van der Waals surface area contributed by atoms with Gasteiger partial charge in [0.1, 0.15) is 13.1 Å². The van der Waals surface area contributed by atoms with Gasteiger partial charge in [0.05, 0.1) is 11.1 Å². The van der Waals surface area contributed by atoms with Crippen molar-refractivity contribution in [2.24, 2.45) is 0 Å². The summed E-state index contributed by atoms with van der Waals surface area (Å²) in [5.74, 6) is -0.00901. The van der Waals surface area contributed by atoms with Gasteiger partial charge in [0.2, 0.25) is 0 Å². The van der Waals surface area contributed by atoms with E-state index in [1.54, 1.807) is 0 Å². The first kappa shape index (κ1) is 36.7. The highest BCUT2D eigenvalue weighted by Gasteiger charge is 2.09. The number of carbonyl (C=O) groups is 2. The number of hydrogen-bond acceptors (Lipinski definition) is 2. The first-order valence-electron chi connectivity index (χ1n) is 16.2. The number of amides is 2. The molecule has 0 aliphatic rings. The number of pyridine rings is 2. The molecule has 0 fully saturated rings. The maximum Gasteiger partial charge on any atom is 0.251 e. The van der Waals surface area contributed by atoms with Gasteiger partial charge in [-0.05, 0) is 25.7 Å². The van der Waals surface area contributed by atoms with E-state index in [9.17, 15) is 9.59 Å². The van der Waals surface area contributed by atoms with Gasteiger partial charge in [-0.1, -0.05) is 78.1 Å². The van der Waals surface area contributed by atoms with Gasteiger partial charge in [-0.2, -0.15) is 0 Å². The van der Waals surface area contributed by atoms with Crippen molar-refractivity contribution in [2.75, 3.05) is 13.1 Å². The predicted molar refractivity (Wildman–Crippen MR) is 163 cm³/mol. The Morgan fingerprint density at radius 2 is 0.829 bits per heavy atom. The molecule has 2 N–H and O–H groups in total. The summed E-state index contributed by atoms with van der Waals surface area (Å²) >= 11 is 0. The van der Waals surface area contributed by atoms with Crippen LogP contribution in [0.5, 0.6) is 0 Å². The van der Waals surface area contributed by atoms with Gasteiger partial charge < -0.3 is 27.6 Å². The second kappa shape index (κ2) is 24.3. The molecule has 2 amide bonds. The molecule has 2 aromatic rings. The normalized spacial score (nSPS) is 10.7. The highest BCUT2D eigenvalue weighted by Crippen LogP contribution is 2.06. The van der Waals surface area contributed by atoms with E-state index in [2.05, 4.69) is 33.6 Å². The smallest absolute Gasteiger partial charge is 0.251 e. The van der Waals surface area contributed by atoms with E-state index in [1.807, 2.05) is 49.1 Å². The van der Waals surface area contributed by atoms with Gasteiger partial charge in [0.15, 0.2) is 24.8 Å². The van der Waals surface area contributed by atoms with E-state index in [4.69, 9.17) is 0 Å². The number of nitrogens with zero attached hydrogens (tertiary/aromatic N) is 2. The van der Waals surface area contributed by atoms with Gasteiger partial charge in [-0.15, -0.1) is 0 Å². The van der Waals surface area contributed by atoms with Crippen molar-refractivity contribution in [2.45, 2.75) is 130 Å². The molecule has 2 heterocycles. The molecule has 0 aliphatic heterocycles. The van der Waals surface area contributed by atoms with Crippen LogP contribution in [0.15, 0.2) is 49.1 Å². The molecule has 0 unspecified atom stereocenters. The highest BCUT2D eigenvalue weighted by atomic mass is 79.9. The third-order valence-corrected chi connectivity index (χ3v) is 7.52. The molecule has 2 rings (SSSR count). The zero-order valence-electron chi connectivity index (χ0n) is 25.8. The van der Waals surface area contributed by atoms with Gasteiger partial charge in [-0.3, -0.25) is 9.59 Å². The Hall–Kier alpha value is -2.28. The minimum Gasteiger partial charge on any atom is -1.00 e. The Morgan fingerprint density at radius 1 is 0.512 bits per heavy atom. The Labute approximate surface area is 260 Å². The molecule has 41 heavy (non-hydrogen) atoms. The van der Waals surface area contributed by atoms with Crippen molar-refractivity contribution in [1.82, 2.24) is 10.6 Å². The van der Waals surface area contributed by atoms with E-state index in [-0.39, 0.29) is 28.8 Å². The topological polar surface area (TPSA) is 66.0 Å². The molecule has 230 valence electrons. The lowest BCUT2D eigenvalue weighted by atomic mass is 10.1. The number of carbonyl (C=O) groups excluding carboxylic acids is 2. The molecule has 6 nitrogen and oxygen atoms in total. The number of unbranched alkanes of at least 4 members (excludes halogenated alkanes) is 13. The number of hydrogen-bond donors (Lipinski definition) is 2. The van der Waals surface area contributed by atoms with Crippen LogP contribution in [0.3, 0.4) is 0 Å². The van der Waals surface area contributed by atoms with Gasteiger partial charge in [0, 0.05) is 50.2 Å². The standard InChI is InChI=1S/C34H54N4O2.BrH/c1-3-5-7-9-13-17-25-37-27-19-31(20-28-37)33(39)35-23-15-11-12-16-24-36-34(40)32-21-29-38(30-22-32)26-18-14-10-8-6-4-2;/h19-22,27-30H,3-18,23-26H2,1-2H3;1H/p+1. The summed E-state index contributed by atoms with van der Waals surface area (Å²) in [5.41, 5.74) is 1.44. The average Bonchev–Trinajstić information content (AvgIpc) is 2.98. The van der Waals surface area contributed by atoms with Crippen LogP contribution in [0.25, 0.3) is 0 Å². The van der Waals surface area contributed by atoms with Gasteiger partial charge >= 0.3 is 0 Å². The molecular weight excluding hydrogens is 576 g/mol. The molecule has 2 aromatic heterocycles. The van der Waals surface area contributed by atoms with Crippen molar-refractivity contribution >= 4 is 11.8 Å². The number of rotatable bonds is 23. The summed E-state index contributed by atoms with van der Waals surface area (Å²) in [6.45, 7) is 7.88. The van der Waals surface area contributed by atoms with Crippen molar-refractivity contribution in [3.8, 4) is 0 Å². The average molecular weight is 633 g/mol. The lowest BCUT2D eigenvalue weighted by Crippen LogP contribution is -3.00. The molecule has 0 aliphatic carbocycles. The molecular formula is C34H56BrN4O2+. The zero-order chi connectivity index (χ0) is 28.7. The number of nitrogens with one attached hydrogen (secondary N) is 2. The Balaban J connectivity index is 0.00000840. The monoisotopic (exact) mass is 631 g/mol. The van der Waals surface area contributed by atoms with Crippen molar-refractivity contribution in [3.05, 3.63) is 60.2 Å². The summed E-state index contributed by atoms with van der Waals surface area (Å²) in [5, 5.41) is 6.06. The molecule has 0 saturated heterocycles. The first-order chi connectivity index (χ1) is 19.6. The molecule has 0 radical (unpaired) electrons. The van der Waals surface area contributed by atoms with Crippen LogP contribution >= 0.6 is 0 Å². The van der Waals surface area contributed by atoms with Crippen molar-refractivity contribution < 1.29 is 35.7 Å². The van der Waals surface area contributed by atoms with E-state index >= 15 is 0 Å². The first-order valence-corrected chi connectivity index (χ1v) is 16.2. The van der Waals surface area contributed by atoms with Crippen LogP contribution in [0.4, 0.5) is 0 Å². The fourth-order valence-corrected chi connectivity index (χ4v) is 4.88. The molecule has 7 heteroatoms. The molecule has 0 aromatic carbocycles. The van der Waals surface area contributed by atoms with E-state index in [0.717, 1.165) is 49.9 Å². The van der Waals surface area contributed by atoms with Crippen LogP contribution in [0.2, 0.25) is 0 Å². The summed E-state index contributed by atoms with van der Waals surface area (Å²) in [6, 6.07) is 7.65. The summed E-state index contributed by atoms with van der Waals surface area (Å²) in [6.07, 6.45) is 27.5. The van der Waals surface area contributed by atoms with Crippen LogP contribution in [0.1, 0.15) is 137 Å². The van der Waals surface area contributed by atoms with Crippen LogP contribution in [-0.4, -0.2) is 24.9 Å². The Morgan fingerprint density at radius 3 is 1.20 bits per heavy atom. The number of halogens is 1. The number of aromatic nitrogens is 2. The quantitative estimate of drug-likeness (QED) is 0.145. The van der Waals surface area contributed by atoms with Crippen molar-refractivity contribution in [3.63, 3.8) is 0 Å². The van der Waals surface area contributed by atoms with Crippen LogP contribution < -0.4 is 36.7 Å². The van der Waals surface area contributed by atoms with Crippen molar-refractivity contribution in [1.29, 1.82) is 0 Å². The lowest BCUT2D eigenvalue weighted by Gasteiger charge is -2.07. The van der Waals surface area contributed by atoms with E-state index in [0.29, 0.717) is 13.1 Å². The second-order valence-electron chi connectivity index (χ2n) is 11.1. The minimum atomic E-state index is -0.00451.